The van der Waals surface area contributed by atoms with Crippen molar-refractivity contribution in [2.75, 3.05) is 19.7 Å². The van der Waals surface area contributed by atoms with E-state index in [0.717, 1.165) is 0 Å². The molecule has 1 aliphatic rings. The third-order valence-electron chi connectivity index (χ3n) is 5.67. The highest BCUT2D eigenvalue weighted by Gasteiger charge is 2.29. The van der Waals surface area contributed by atoms with Crippen LogP contribution in [0.4, 0.5) is 4.39 Å². The molecular weight excluding hydrogens is 467 g/mol. The Morgan fingerprint density at radius 1 is 1.11 bits per heavy atom. The molecule has 3 rings (SSSR count). The van der Waals surface area contributed by atoms with Gasteiger partial charge >= 0.3 is 0 Å². The number of benzene rings is 2. The fourth-order valence-corrected chi connectivity index (χ4v) is 3.77. The van der Waals surface area contributed by atoms with Crippen LogP contribution in [0.5, 0.6) is 5.75 Å². The van der Waals surface area contributed by atoms with Crippen LogP contribution in [-0.2, 0) is 20.8 Å². The quantitative estimate of drug-likeness (QED) is 0.495. The number of amides is 4. The Morgan fingerprint density at radius 3 is 2.64 bits per heavy atom. The van der Waals surface area contributed by atoms with Gasteiger partial charge in [-0.2, -0.15) is 0 Å². The second-order valence-electron chi connectivity index (χ2n) is 8.83. The van der Waals surface area contributed by atoms with Crippen LogP contribution in [0.25, 0.3) is 0 Å². The van der Waals surface area contributed by atoms with Gasteiger partial charge in [-0.05, 0) is 42.2 Å². The van der Waals surface area contributed by atoms with Crippen molar-refractivity contribution in [2.24, 2.45) is 5.92 Å². The molecule has 2 aromatic carbocycles. The third-order valence-corrected chi connectivity index (χ3v) is 5.67. The summed E-state index contributed by atoms with van der Waals surface area (Å²) in [6, 6.07) is 10.5. The van der Waals surface area contributed by atoms with Crippen molar-refractivity contribution in [1.29, 1.82) is 0 Å². The maximum Gasteiger partial charge on any atom is 0.255 e. The second-order valence-corrected chi connectivity index (χ2v) is 8.83. The molecule has 0 aromatic heterocycles. The maximum atomic E-state index is 13.4. The van der Waals surface area contributed by atoms with Gasteiger partial charge in [-0.1, -0.05) is 38.1 Å². The Bertz CT molecular complexity index is 1110. The molecule has 2 atom stereocenters. The van der Waals surface area contributed by atoms with Gasteiger partial charge < -0.3 is 26.0 Å². The highest BCUT2D eigenvalue weighted by atomic mass is 19.1. The van der Waals surface area contributed by atoms with E-state index in [-0.39, 0.29) is 55.1 Å². The molecule has 0 saturated heterocycles. The van der Waals surface area contributed by atoms with Gasteiger partial charge in [0.25, 0.3) is 5.91 Å². The first-order valence-corrected chi connectivity index (χ1v) is 11.9. The van der Waals surface area contributed by atoms with Gasteiger partial charge in [0.05, 0.1) is 18.5 Å². The van der Waals surface area contributed by atoms with E-state index in [9.17, 15) is 23.6 Å². The summed E-state index contributed by atoms with van der Waals surface area (Å²) in [5, 5.41) is 10.7. The summed E-state index contributed by atoms with van der Waals surface area (Å²) in [6.07, 6.45) is -0.0142. The lowest BCUT2D eigenvalue weighted by molar-refractivity contribution is -0.131. The minimum Gasteiger partial charge on any atom is -0.491 e. The first-order chi connectivity index (χ1) is 17.2. The summed E-state index contributed by atoms with van der Waals surface area (Å²) in [4.78, 5) is 51.5. The number of para-hydroxylation sites is 1. The summed E-state index contributed by atoms with van der Waals surface area (Å²) in [5.74, 6) is -2.38. The minimum absolute atomic E-state index is 0.110. The van der Waals surface area contributed by atoms with Gasteiger partial charge in [-0.3, -0.25) is 19.2 Å². The normalized spacial score (nSPS) is 19.2. The number of hydrogen-bond donors (Lipinski definition) is 4. The lowest BCUT2D eigenvalue weighted by atomic mass is 10.0. The molecule has 0 bridgehead atoms. The molecule has 0 fully saturated rings. The zero-order valence-electron chi connectivity index (χ0n) is 20.3. The van der Waals surface area contributed by atoms with Crippen LogP contribution in [0.15, 0.2) is 48.5 Å². The van der Waals surface area contributed by atoms with Crippen molar-refractivity contribution < 1.29 is 28.3 Å². The van der Waals surface area contributed by atoms with Crippen LogP contribution < -0.4 is 26.0 Å². The number of nitrogens with one attached hydrogen (secondary N) is 4. The van der Waals surface area contributed by atoms with Gasteiger partial charge in [0.15, 0.2) is 0 Å². The van der Waals surface area contributed by atoms with E-state index in [1.807, 2.05) is 0 Å². The molecule has 0 aliphatic carbocycles. The van der Waals surface area contributed by atoms with Crippen molar-refractivity contribution in [3.63, 3.8) is 0 Å². The van der Waals surface area contributed by atoms with Crippen LogP contribution in [0.3, 0.4) is 0 Å². The fraction of sp³-hybridized carbons (Fsp3) is 0.385. The number of carbonyl (C=O) groups excluding carboxylic acids is 4. The molecule has 4 N–H and O–H groups in total. The summed E-state index contributed by atoms with van der Waals surface area (Å²) in [5.41, 5.74) is 0.888. The van der Waals surface area contributed by atoms with E-state index in [1.165, 1.54) is 12.1 Å². The maximum absolute atomic E-state index is 13.4. The summed E-state index contributed by atoms with van der Waals surface area (Å²) < 4.78 is 19.1. The zero-order chi connectivity index (χ0) is 26.1. The van der Waals surface area contributed by atoms with Crippen molar-refractivity contribution in [3.8, 4) is 5.75 Å². The standard InChI is InChI=1S/C26H31FN4O5/c1-16(2)23-26(35)29-12-13-36-21-9-4-3-8-19(21)24(33)30-20(15-22(32)31-23)25(34)28-11-10-17-6-5-7-18(27)14-17/h3-9,14,16,20,23H,10-13,15H2,1-2H3,(H,28,34)(H,29,35)(H,30,33)(H,31,32)/t20-,23+/m0/s1. The van der Waals surface area contributed by atoms with E-state index >= 15 is 0 Å². The van der Waals surface area contributed by atoms with Crippen molar-refractivity contribution in [1.82, 2.24) is 21.3 Å². The van der Waals surface area contributed by atoms with E-state index < -0.39 is 29.8 Å². The van der Waals surface area contributed by atoms with Gasteiger partial charge in [-0.25, -0.2) is 4.39 Å². The summed E-state index contributed by atoms with van der Waals surface area (Å²) in [6.45, 7) is 4.05. The van der Waals surface area contributed by atoms with Crippen molar-refractivity contribution in [3.05, 3.63) is 65.5 Å². The molecule has 1 aliphatic heterocycles. The van der Waals surface area contributed by atoms with E-state index in [2.05, 4.69) is 21.3 Å². The molecule has 36 heavy (non-hydrogen) atoms. The Morgan fingerprint density at radius 2 is 1.89 bits per heavy atom. The first-order valence-electron chi connectivity index (χ1n) is 11.9. The average Bonchev–Trinajstić information content (AvgIpc) is 2.84. The summed E-state index contributed by atoms with van der Waals surface area (Å²) >= 11 is 0. The smallest absolute Gasteiger partial charge is 0.255 e. The van der Waals surface area contributed by atoms with Crippen LogP contribution >= 0.6 is 0 Å². The van der Waals surface area contributed by atoms with Gasteiger partial charge in [0.2, 0.25) is 17.7 Å². The van der Waals surface area contributed by atoms with Gasteiger partial charge in [0, 0.05) is 6.54 Å². The Labute approximate surface area is 209 Å². The molecule has 9 nitrogen and oxygen atoms in total. The van der Waals surface area contributed by atoms with E-state index in [0.29, 0.717) is 12.0 Å². The van der Waals surface area contributed by atoms with Crippen molar-refractivity contribution in [2.45, 2.75) is 38.8 Å². The Kier molecular flexibility index (Phi) is 9.38. The topological polar surface area (TPSA) is 126 Å². The summed E-state index contributed by atoms with van der Waals surface area (Å²) in [7, 11) is 0. The van der Waals surface area contributed by atoms with Crippen LogP contribution in [0, 0.1) is 11.7 Å². The number of halogens is 1. The molecule has 192 valence electrons. The number of fused-ring (bicyclic) bond motifs is 1. The molecule has 1 heterocycles. The molecular formula is C26H31FN4O5. The van der Waals surface area contributed by atoms with Crippen molar-refractivity contribution >= 4 is 23.6 Å². The van der Waals surface area contributed by atoms with E-state index in [4.69, 9.17) is 4.74 Å². The zero-order valence-corrected chi connectivity index (χ0v) is 20.3. The SMILES string of the molecule is CC(C)[C@H]1NC(=O)C[C@@H](C(=O)NCCc2cccc(F)c2)NC(=O)c2ccccc2OCCNC1=O. The highest BCUT2D eigenvalue weighted by Crippen LogP contribution is 2.18. The minimum atomic E-state index is -1.21. The number of carbonyl (C=O) groups is 4. The molecule has 2 aromatic rings. The lowest BCUT2D eigenvalue weighted by Crippen LogP contribution is -2.54. The van der Waals surface area contributed by atoms with E-state index in [1.54, 1.807) is 50.2 Å². The fourth-order valence-electron chi connectivity index (χ4n) is 3.77. The van der Waals surface area contributed by atoms with Crippen LogP contribution in [0.2, 0.25) is 0 Å². The Balaban J connectivity index is 1.79. The molecule has 0 radical (unpaired) electrons. The molecule has 4 amide bonds. The Hall–Kier alpha value is -3.95. The first kappa shape index (κ1) is 26.7. The molecule has 10 heteroatoms. The number of hydrogen-bond acceptors (Lipinski definition) is 5. The predicted octanol–water partition coefficient (Wildman–Crippen LogP) is 1.32. The lowest BCUT2D eigenvalue weighted by Gasteiger charge is -2.24. The van der Waals surface area contributed by atoms with Gasteiger partial charge in [-0.15, -0.1) is 0 Å². The largest absolute Gasteiger partial charge is 0.491 e. The average molecular weight is 499 g/mol. The number of ether oxygens (including phenoxy) is 1. The van der Waals surface area contributed by atoms with Crippen LogP contribution in [-0.4, -0.2) is 55.4 Å². The molecule has 0 spiro atoms. The monoisotopic (exact) mass is 498 g/mol. The second kappa shape index (κ2) is 12.7. The highest BCUT2D eigenvalue weighted by molar-refractivity contribution is 6.01. The van der Waals surface area contributed by atoms with Gasteiger partial charge in [0.1, 0.15) is 30.3 Å². The molecule has 0 unspecified atom stereocenters. The third kappa shape index (κ3) is 7.53. The van der Waals surface area contributed by atoms with Crippen LogP contribution in [0.1, 0.15) is 36.2 Å². The number of rotatable bonds is 5. The predicted molar refractivity (Wildman–Crippen MR) is 131 cm³/mol. The molecule has 0 saturated carbocycles.